The van der Waals surface area contributed by atoms with Gasteiger partial charge in [0.1, 0.15) is 17.9 Å². The summed E-state index contributed by atoms with van der Waals surface area (Å²) in [5.74, 6) is -0.236. The molecule has 3 rings (SSSR count). The first kappa shape index (κ1) is 20.3. The molecule has 3 amide bonds. The average molecular weight is 388 g/mol. The number of ether oxygens (including phenoxy) is 1. The number of likely N-dealkylation sites (N-methyl/N-ethyl adjacent to an activating group) is 1. The van der Waals surface area contributed by atoms with Gasteiger partial charge in [0.2, 0.25) is 17.7 Å². The van der Waals surface area contributed by atoms with Crippen LogP contribution in [0.3, 0.4) is 0 Å². The number of imide groups is 1. The molecule has 0 bridgehead atoms. The number of hydrogen-bond donors (Lipinski definition) is 2. The van der Waals surface area contributed by atoms with Crippen LogP contribution in [0.5, 0.6) is 5.75 Å². The Labute approximate surface area is 165 Å². The molecule has 28 heavy (non-hydrogen) atoms. The Bertz CT molecular complexity index is 745. The second-order valence-corrected chi connectivity index (χ2v) is 7.86. The molecule has 2 aliphatic rings. The summed E-state index contributed by atoms with van der Waals surface area (Å²) in [7, 11) is 1.58. The number of amides is 3. The molecule has 2 heterocycles. The first-order valence-corrected chi connectivity index (χ1v) is 9.79. The zero-order chi connectivity index (χ0) is 20.3. The molecule has 0 aromatic carbocycles. The van der Waals surface area contributed by atoms with Crippen LogP contribution in [0.2, 0.25) is 0 Å². The molecule has 8 heteroatoms. The minimum Gasteiger partial charge on any atom is -0.490 e. The zero-order valence-corrected chi connectivity index (χ0v) is 16.6. The first-order chi connectivity index (χ1) is 13.3. The van der Waals surface area contributed by atoms with E-state index in [0.29, 0.717) is 29.9 Å². The number of piperidine rings is 1. The van der Waals surface area contributed by atoms with Gasteiger partial charge in [0.05, 0.1) is 12.1 Å². The fourth-order valence-corrected chi connectivity index (χ4v) is 3.59. The number of hydrogen-bond acceptors (Lipinski definition) is 6. The van der Waals surface area contributed by atoms with Crippen molar-refractivity contribution in [2.24, 2.45) is 0 Å². The van der Waals surface area contributed by atoms with E-state index < -0.39 is 11.9 Å². The van der Waals surface area contributed by atoms with Gasteiger partial charge in [-0.3, -0.25) is 24.7 Å². The van der Waals surface area contributed by atoms with Gasteiger partial charge in [-0.2, -0.15) is 0 Å². The summed E-state index contributed by atoms with van der Waals surface area (Å²) in [6.45, 7) is 4.26. The lowest BCUT2D eigenvalue weighted by atomic mass is 9.88. The van der Waals surface area contributed by atoms with Gasteiger partial charge in [-0.1, -0.05) is 13.8 Å². The summed E-state index contributed by atoms with van der Waals surface area (Å²) in [6.07, 6.45) is 4.40. The summed E-state index contributed by atoms with van der Waals surface area (Å²) in [6, 6.07) is 3.91. The summed E-state index contributed by atoms with van der Waals surface area (Å²) in [4.78, 5) is 41.4. The van der Waals surface area contributed by atoms with E-state index in [-0.39, 0.29) is 30.8 Å². The van der Waals surface area contributed by atoms with Gasteiger partial charge >= 0.3 is 0 Å². The second-order valence-electron chi connectivity index (χ2n) is 7.86. The molecule has 1 aromatic rings. The Kier molecular flexibility index (Phi) is 6.28. The fourth-order valence-electron chi connectivity index (χ4n) is 3.59. The molecule has 152 valence electrons. The van der Waals surface area contributed by atoms with Crippen LogP contribution in [-0.4, -0.2) is 58.9 Å². The molecule has 1 saturated carbocycles. The third kappa shape index (κ3) is 5.07. The zero-order valence-electron chi connectivity index (χ0n) is 16.6. The van der Waals surface area contributed by atoms with Crippen LogP contribution in [0.25, 0.3) is 0 Å². The van der Waals surface area contributed by atoms with Crippen molar-refractivity contribution in [2.75, 3.05) is 7.05 Å². The van der Waals surface area contributed by atoms with E-state index in [4.69, 9.17) is 4.74 Å². The van der Waals surface area contributed by atoms with E-state index in [0.717, 1.165) is 12.8 Å². The van der Waals surface area contributed by atoms with Crippen molar-refractivity contribution in [3.8, 4) is 5.75 Å². The third-order valence-electron chi connectivity index (χ3n) is 5.16. The van der Waals surface area contributed by atoms with E-state index in [1.165, 1.54) is 4.90 Å². The molecule has 8 nitrogen and oxygen atoms in total. The first-order valence-electron chi connectivity index (χ1n) is 9.79. The van der Waals surface area contributed by atoms with Crippen LogP contribution in [0.15, 0.2) is 18.3 Å². The predicted molar refractivity (Wildman–Crippen MR) is 103 cm³/mol. The molecule has 2 fully saturated rings. The normalized spacial score (nSPS) is 24.5. The molecule has 1 saturated heterocycles. The Balaban J connectivity index is 1.52. The summed E-state index contributed by atoms with van der Waals surface area (Å²) >= 11 is 0. The number of pyridine rings is 1. The van der Waals surface area contributed by atoms with Crippen molar-refractivity contribution in [3.05, 3.63) is 24.0 Å². The number of carbonyl (C=O) groups excluding carboxylic acids is 3. The van der Waals surface area contributed by atoms with Crippen molar-refractivity contribution < 1.29 is 19.1 Å². The van der Waals surface area contributed by atoms with Gasteiger partial charge in [-0.25, -0.2) is 0 Å². The Morgan fingerprint density at radius 3 is 2.82 bits per heavy atom. The van der Waals surface area contributed by atoms with Crippen LogP contribution < -0.4 is 15.4 Å². The van der Waals surface area contributed by atoms with Crippen molar-refractivity contribution >= 4 is 17.7 Å². The predicted octanol–water partition coefficient (Wildman–Crippen LogP) is 0.796. The topological polar surface area (TPSA) is 101 Å². The third-order valence-corrected chi connectivity index (χ3v) is 5.16. The molecular weight excluding hydrogens is 360 g/mol. The highest BCUT2D eigenvalue weighted by Gasteiger charge is 2.33. The van der Waals surface area contributed by atoms with Crippen LogP contribution >= 0.6 is 0 Å². The minimum absolute atomic E-state index is 0.0770. The quantitative estimate of drug-likeness (QED) is 0.670. The number of nitrogens with zero attached hydrogens (tertiary/aromatic N) is 2. The SMILES string of the molecule is CC(C)NC1CC(Oc2ccnc(CC(=O)N(C)C3CCC(=O)NC3=O)c2)C1. The average Bonchev–Trinajstić information content (AvgIpc) is 2.59. The van der Waals surface area contributed by atoms with E-state index >= 15 is 0 Å². The summed E-state index contributed by atoms with van der Waals surface area (Å²) < 4.78 is 5.98. The summed E-state index contributed by atoms with van der Waals surface area (Å²) in [5.41, 5.74) is 0.595. The molecule has 1 aliphatic carbocycles. The Morgan fingerprint density at radius 2 is 2.14 bits per heavy atom. The van der Waals surface area contributed by atoms with Crippen molar-refractivity contribution in [3.63, 3.8) is 0 Å². The lowest BCUT2D eigenvalue weighted by molar-refractivity contribution is -0.144. The number of nitrogens with one attached hydrogen (secondary N) is 2. The van der Waals surface area contributed by atoms with E-state index in [9.17, 15) is 14.4 Å². The lowest BCUT2D eigenvalue weighted by Crippen LogP contribution is -2.53. The maximum Gasteiger partial charge on any atom is 0.249 e. The number of carbonyl (C=O) groups is 3. The maximum absolute atomic E-state index is 12.6. The van der Waals surface area contributed by atoms with Gasteiger partial charge in [0, 0.05) is 37.8 Å². The lowest BCUT2D eigenvalue weighted by Gasteiger charge is -2.37. The largest absolute Gasteiger partial charge is 0.490 e. The standard InChI is InChI=1S/C20H28N4O4/c1-12(2)22-14-9-16(10-14)28-15-6-7-21-13(8-15)11-19(26)24(3)17-4-5-18(25)23-20(17)27/h6-8,12,14,16-17,22H,4-5,9-11H2,1-3H3,(H,23,25,27). The molecule has 1 atom stereocenters. The van der Waals surface area contributed by atoms with Crippen molar-refractivity contribution in [1.29, 1.82) is 0 Å². The Morgan fingerprint density at radius 1 is 1.39 bits per heavy atom. The van der Waals surface area contributed by atoms with Crippen LogP contribution in [0.1, 0.15) is 45.2 Å². The Hall–Kier alpha value is -2.48. The number of aromatic nitrogens is 1. The monoisotopic (exact) mass is 388 g/mol. The summed E-state index contributed by atoms with van der Waals surface area (Å²) in [5, 5.41) is 5.76. The van der Waals surface area contributed by atoms with E-state index in [1.807, 2.05) is 0 Å². The molecule has 1 aliphatic heterocycles. The van der Waals surface area contributed by atoms with Crippen molar-refractivity contribution in [1.82, 2.24) is 20.5 Å². The van der Waals surface area contributed by atoms with Crippen molar-refractivity contribution in [2.45, 2.75) is 70.2 Å². The van der Waals surface area contributed by atoms with Crippen LogP contribution in [-0.2, 0) is 20.8 Å². The smallest absolute Gasteiger partial charge is 0.249 e. The van der Waals surface area contributed by atoms with Gasteiger partial charge in [0.15, 0.2) is 0 Å². The van der Waals surface area contributed by atoms with E-state index in [1.54, 1.807) is 25.4 Å². The van der Waals surface area contributed by atoms with Gasteiger partial charge in [-0.05, 0) is 25.3 Å². The number of rotatable bonds is 7. The molecule has 0 radical (unpaired) electrons. The van der Waals surface area contributed by atoms with Crippen LogP contribution in [0, 0.1) is 0 Å². The van der Waals surface area contributed by atoms with Gasteiger partial charge in [0.25, 0.3) is 0 Å². The molecule has 2 N–H and O–H groups in total. The fraction of sp³-hybridized carbons (Fsp3) is 0.600. The second kappa shape index (κ2) is 8.68. The molecule has 0 spiro atoms. The van der Waals surface area contributed by atoms with E-state index in [2.05, 4.69) is 29.5 Å². The highest BCUT2D eigenvalue weighted by Crippen LogP contribution is 2.26. The van der Waals surface area contributed by atoms with Crippen LogP contribution in [0.4, 0.5) is 0 Å². The highest BCUT2D eigenvalue weighted by molar-refractivity contribution is 6.01. The highest BCUT2D eigenvalue weighted by atomic mass is 16.5. The molecular formula is C20H28N4O4. The van der Waals surface area contributed by atoms with Gasteiger partial charge < -0.3 is 15.0 Å². The molecule has 1 unspecified atom stereocenters. The van der Waals surface area contributed by atoms with Gasteiger partial charge in [-0.15, -0.1) is 0 Å². The maximum atomic E-state index is 12.6. The molecule has 1 aromatic heterocycles. The minimum atomic E-state index is -0.620.